The highest BCUT2D eigenvalue weighted by molar-refractivity contribution is 5.81. The van der Waals surface area contributed by atoms with Crippen molar-refractivity contribution in [1.82, 2.24) is 4.90 Å². The third-order valence-electron chi connectivity index (χ3n) is 4.41. The van der Waals surface area contributed by atoms with Gasteiger partial charge in [0.15, 0.2) is 0 Å². The molecule has 19 heavy (non-hydrogen) atoms. The molecule has 1 aliphatic rings. The molecule has 2 aromatic rings. The van der Waals surface area contributed by atoms with E-state index in [0.717, 1.165) is 5.58 Å². The van der Waals surface area contributed by atoms with Crippen LogP contribution in [0.3, 0.4) is 0 Å². The first-order valence-corrected chi connectivity index (χ1v) is 7.27. The lowest BCUT2D eigenvalue weighted by Crippen LogP contribution is -2.45. The maximum Gasteiger partial charge on any atom is 0.134 e. The number of rotatable bonds is 1. The molecule has 2 heterocycles. The average molecular weight is 257 g/mol. The Kier molecular flexibility index (Phi) is 3.14. The molecular formula is C17H23NO. The van der Waals surface area contributed by atoms with E-state index in [-0.39, 0.29) is 0 Å². The lowest BCUT2D eigenvalue weighted by Gasteiger charge is -2.41. The number of benzene rings is 1. The van der Waals surface area contributed by atoms with E-state index in [0.29, 0.717) is 11.5 Å². The van der Waals surface area contributed by atoms with Crippen LogP contribution in [0.15, 0.2) is 34.9 Å². The van der Waals surface area contributed by atoms with Gasteiger partial charge in [-0.05, 0) is 70.3 Å². The molecule has 0 bridgehead atoms. The van der Waals surface area contributed by atoms with Gasteiger partial charge in [0, 0.05) is 10.9 Å². The maximum absolute atomic E-state index is 5.51. The molecule has 102 valence electrons. The molecule has 0 amide bonds. The van der Waals surface area contributed by atoms with Crippen molar-refractivity contribution in [2.75, 3.05) is 13.1 Å². The van der Waals surface area contributed by atoms with Gasteiger partial charge in [-0.25, -0.2) is 0 Å². The van der Waals surface area contributed by atoms with Crippen molar-refractivity contribution in [1.29, 1.82) is 0 Å². The Morgan fingerprint density at radius 1 is 1.11 bits per heavy atom. The Balaban J connectivity index is 1.80. The Labute approximate surface area is 115 Å². The minimum Gasteiger partial charge on any atom is -0.464 e. The Hall–Kier alpha value is -1.28. The van der Waals surface area contributed by atoms with E-state index < -0.39 is 0 Å². The molecule has 0 aliphatic carbocycles. The van der Waals surface area contributed by atoms with Crippen LogP contribution in [0, 0.1) is 0 Å². The van der Waals surface area contributed by atoms with Gasteiger partial charge in [0.1, 0.15) is 5.58 Å². The third kappa shape index (κ3) is 2.42. The Morgan fingerprint density at radius 3 is 2.53 bits per heavy atom. The summed E-state index contributed by atoms with van der Waals surface area (Å²) in [6.07, 6.45) is 4.31. The fourth-order valence-corrected chi connectivity index (χ4v) is 3.23. The lowest BCUT2D eigenvalue weighted by atomic mass is 9.86. The van der Waals surface area contributed by atoms with E-state index in [2.05, 4.69) is 49.9 Å². The predicted molar refractivity (Wildman–Crippen MR) is 79.5 cm³/mol. The van der Waals surface area contributed by atoms with Crippen molar-refractivity contribution in [2.45, 2.75) is 45.1 Å². The van der Waals surface area contributed by atoms with Crippen LogP contribution in [-0.2, 0) is 0 Å². The SMILES string of the molecule is CC(C)(C)N1CCC(c2cccc3occc23)CC1. The second-order valence-electron chi connectivity index (χ2n) is 6.61. The normalized spacial score (nSPS) is 19.1. The van der Waals surface area contributed by atoms with Gasteiger partial charge in [-0.1, -0.05) is 12.1 Å². The molecule has 2 heteroatoms. The molecule has 0 radical (unpaired) electrons. The third-order valence-corrected chi connectivity index (χ3v) is 4.41. The molecular weight excluding hydrogens is 234 g/mol. The van der Waals surface area contributed by atoms with Crippen molar-refractivity contribution in [3.8, 4) is 0 Å². The van der Waals surface area contributed by atoms with E-state index in [9.17, 15) is 0 Å². The highest BCUT2D eigenvalue weighted by atomic mass is 16.3. The molecule has 0 saturated carbocycles. The van der Waals surface area contributed by atoms with E-state index in [4.69, 9.17) is 4.42 Å². The molecule has 1 saturated heterocycles. The number of piperidine rings is 1. The lowest BCUT2D eigenvalue weighted by molar-refractivity contribution is 0.102. The van der Waals surface area contributed by atoms with Gasteiger partial charge in [-0.2, -0.15) is 0 Å². The van der Waals surface area contributed by atoms with Gasteiger partial charge >= 0.3 is 0 Å². The molecule has 1 aliphatic heterocycles. The number of hydrogen-bond acceptors (Lipinski definition) is 2. The van der Waals surface area contributed by atoms with Gasteiger partial charge in [0.05, 0.1) is 6.26 Å². The van der Waals surface area contributed by atoms with E-state index in [1.807, 2.05) is 0 Å². The zero-order chi connectivity index (χ0) is 13.5. The minimum atomic E-state index is 0.298. The van der Waals surface area contributed by atoms with Crippen molar-refractivity contribution in [2.24, 2.45) is 0 Å². The molecule has 1 fully saturated rings. The monoisotopic (exact) mass is 257 g/mol. The second kappa shape index (κ2) is 4.68. The summed E-state index contributed by atoms with van der Waals surface area (Å²) in [5, 5.41) is 1.30. The molecule has 0 unspecified atom stereocenters. The second-order valence-corrected chi connectivity index (χ2v) is 6.61. The average Bonchev–Trinajstić information content (AvgIpc) is 2.86. The Bertz CT molecular complexity index is 556. The van der Waals surface area contributed by atoms with Crippen LogP contribution in [0.4, 0.5) is 0 Å². The summed E-state index contributed by atoms with van der Waals surface area (Å²) in [5.41, 5.74) is 2.79. The van der Waals surface area contributed by atoms with Gasteiger partial charge in [0.25, 0.3) is 0 Å². The van der Waals surface area contributed by atoms with Crippen LogP contribution in [0.2, 0.25) is 0 Å². The molecule has 0 spiro atoms. The molecule has 0 N–H and O–H groups in total. The number of likely N-dealkylation sites (tertiary alicyclic amines) is 1. The summed E-state index contributed by atoms with van der Waals surface area (Å²) in [5.74, 6) is 0.680. The minimum absolute atomic E-state index is 0.298. The van der Waals surface area contributed by atoms with E-state index >= 15 is 0 Å². The smallest absolute Gasteiger partial charge is 0.134 e. The molecule has 1 aromatic carbocycles. The zero-order valence-corrected chi connectivity index (χ0v) is 12.1. The molecule has 1 aromatic heterocycles. The van der Waals surface area contributed by atoms with Crippen LogP contribution >= 0.6 is 0 Å². The number of nitrogens with zero attached hydrogens (tertiary/aromatic N) is 1. The van der Waals surface area contributed by atoms with Gasteiger partial charge in [-0.15, -0.1) is 0 Å². The summed E-state index contributed by atoms with van der Waals surface area (Å²) < 4.78 is 5.51. The largest absolute Gasteiger partial charge is 0.464 e. The van der Waals surface area contributed by atoms with E-state index in [1.54, 1.807) is 6.26 Å². The van der Waals surface area contributed by atoms with Crippen molar-refractivity contribution < 1.29 is 4.42 Å². The summed E-state index contributed by atoms with van der Waals surface area (Å²) in [6.45, 7) is 9.32. The van der Waals surface area contributed by atoms with Crippen molar-refractivity contribution in [3.63, 3.8) is 0 Å². The van der Waals surface area contributed by atoms with Gasteiger partial charge < -0.3 is 4.42 Å². The van der Waals surface area contributed by atoms with Gasteiger partial charge in [0.2, 0.25) is 0 Å². The quantitative estimate of drug-likeness (QED) is 0.752. The summed E-state index contributed by atoms with van der Waals surface area (Å²) in [7, 11) is 0. The molecule has 3 rings (SSSR count). The standard InChI is InChI=1S/C17H23NO/c1-17(2,3)18-10-7-13(8-11-18)14-5-4-6-16-15(14)9-12-19-16/h4-6,9,12-13H,7-8,10-11H2,1-3H3. The highest BCUT2D eigenvalue weighted by Crippen LogP contribution is 2.35. The number of furan rings is 1. The predicted octanol–water partition coefficient (Wildman–Crippen LogP) is 4.41. The first kappa shape index (κ1) is 12.7. The van der Waals surface area contributed by atoms with E-state index in [1.165, 1.54) is 36.9 Å². The highest BCUT2D eigenvalue weighted by Gasteiger charge is 2.28. The van der Waals surface area contributed by atoms with Crippen molar-refractivity contribution >= 4 is 11.0 Å². The topological polar surface area (TPSA) is 16.4 Å². The van der Waals surface area contributed by atoms with Crippen LogP contribution in [-0.4, -0.2) is 23.5 Å². The van der Waals surface area contributed by atoms with Crippen LogP contribution in [0.25, 0.3) is 11.0 Å². The summed E-state index contributed by atoms with van der Waals surface area (Å²) in [6, 6.07) is 8.57. The first-order valence-electron chi connectivity index (χ1n) is 7.27. The first-order chi connectivity index (χ1) is 9.05. The fraction of sp³-hybridized carbons (Fsp3) is 0.529. The number of hydrogen-bond donors (Lipinski definition) is 0. The van der Waals surface area contributed by atoms with Crippen molar-refractivity contribution in [3.05, 3.63) is 36.1 Å². The van der Waals surface area contributed by atoms with Crippen LogP contribution in [0.1, 0.15) is 45.1 Å². The fourth-order valence-electron chi connectivity index (χ4n) is 3.23. The summed E-state index contributed by atoms with van der Waals surface area (Å²) >= 11 is 0. The summed E-state index contributed by atoms with van der Waals surface area (Å²) in [4.78, 5) is 2.60. The van der Waals surface area contributed by atoms with Crippen LogP contribution in [0.5, 0.6) is 0 Å². The molecule has 0 atom stereocenters. The Morgan fingerprint density at radius 2 is 1.84 bits per heavy atom. The number of fused-ring (bicyclic) bond motifs is 1. The van der Waals surface area contributed by atoms with Crippen LogP contribution < -0.4 is 0 Å². The van der Waals surface area contributed by atoms with Gasteiger partial charge in [-0.3, -0.25) is 4.90 Å². The maximum atomic E-state index is 5.51. The molecule has 2 nitrogen and oxygen atoms in total. The zero-order valence-electron chi connectivity index (χ0n) is 12.1.